The largest absolute Gasteiger partial charge is 0.481 e. The van der Waals surface area contributed by atoms with E-state index in [1.165, 1.54) is 13.1 Å². The van der Waals surface area contributed by atoms with Gasteiger partial charge in [0, 0.05) is 13.5 Å². The van der Waals surface area contributed by atoms with Crippen molar-refractivity contribution < 1.29 is 32.2 Å². The molecule has 1 fully saturated rings. The summed E-state index contributed by atoms with van der Waals surface area (Å²) in [6.07, 6.45) is -1.50. The predicted molar refractivity (Wildman–Crippen MR) is 83.6 cm³/mol. The Morgan fingerprint density at radius 2 is 2.16 bits per heavy atom. The summed E-state index contributed by atoms with van der Waals surface area (Å²) in [4.78, 5) is 16.3. The second kappa shape index (κ2) is 8.37. The second-order valence-corrected chi connectivity index (χ2v) is 5.65. The summed E-state index contributed by atoms with van der Waals surface area (Å²) in [5.41, 5.74) is -0.506. The van der Waals surface area contributed by atoms with Crippen LogP contribution in [0.15, 0.2) is 12.3 Å². The molecule has 1 saturated heterocycles. The molecular formula is C16H21F3N2O4. The molecule has 1 aliphatic rings. The first-order chi connectivity index (χ1) is 11.8. The monoisotopic (exact) mass is 362 g/mol. The number of methoxy groups -OCH3 is 1. The van der Waals surface area contributed by atoms with Crippen molar-refractivity contribution >= 4 is 11.7 Å². The molecule has 1 atom stereocenters. The van der Waals surface area contributed by atoms with E-state index in [4.69, 9.17) is 14.2 Å². The molecule has 1 aromatic heterocycles. The lowest BCUT2D eigenvalue weighted by molar-refractivity contribution is -0.142. The van der Waals surface area contributed by atoms with Gasteiger partial charge in [-0.15, -0.1) is 0 Å². The third-order valence-corrected chi connectivity index (χ3v) is 3.89. The Morgan fingerprint density at radius 1 is 1.40 bits per heavy atom. The minimum Gasteiger partial charge on any atom is -0.481 e. The summed E-state index contributed by atoms with van der Waals surface area (Å²) in [6.45, 7) is 2.69. The number of aromatic nitrogens is 1. The third kappa shape index (κ3) is 5.22. The smallest absolute Gasteiger partial charge is 0.421 e. The van der Waals surface area contributed by atoms with E-state index < -0.39 is 17.6 Å². The van der Waals surface area contributed by atoms with Gasteiger partial charge < -0.3 is 19.1 Å². The Morgan fingerprint density at radius 3 is 2.80 bits per heavy atom. The molecule has 1 aromatic rings. The molecule has 0 N–H and O–H groups in total. The lowest BCUT2D eigenvalue weighted by atomic mass is 10.2. The second-order valence-electron chi connectivity index (χ2n) is 5.65. The topological polar surface area (TPSA) is 60.9 Å². The number of pyridine rings is 1. The summed E-state index contributed by atoms with van der Waals surface area (Å²) in [5.74, 6) is -0.820. The van der Waals surface area contributed by atoms with Crippen molar-refractivity contribution in [1.82, 2.24) is 4.98 Å². The van der Waals surface area contributed by atoms with Crippen molar-refractivity contribution in [1.29, 1.82) is 0 Å². The van der Waals surface area contributed by atoms with Crippen molar-refractivity contribution in [3.05, 3.63) is 17.8 Å². The molecule has 0 unspecified atom stereocenters. The van der Waals surface area contributed by atoms with E-state index in [1.807, 2.05) is 4.90 Å². The van der Waals surface area contributed by atoms with Crippen LogP contribution >= 0.6 is 0 Å². The molecule has 1 aliphatic heterocycles. The molecule has 0 spiro atoms. The van der Waals surface area contributed by atoms with Crippen LogP contribution in [0.2, 0.25) is 0 Å². The minimum absolute atomic E-state index is 0.0476. The average Bonchev–Trinajstić information content (AvgIpc) is 3.01. The van der Waals surface area contributed by atoms with E-state index in [0.717, 1.165) is 26.0 Å². The SMILES string of the molecule is COc1ncc(N2CCC[C@H]2COCCOC(C)=O)cc1C(F)(F)F. The summed E-state index contributed by atoms with van der Waals surface area (Å²) in [7, 11) is 1.16. The molecule has 6 nitrogen and oxygen atoms in total. The van der Waals surface area contributed by atoms with E-state index >= 15 is 0 Å². The number of alkyl halides is 3. The molecular weight excluding hydrogens is 341 g/mol. The molecule has 2 heterocycles. The molecule has 0 radical (unpaired) electrons. The number of hydrogen-bond acceptors (Lipinski definition) is 6. The first-order valence-electron chi connectivity index (χ1n) is 7.92. The fraction of sp³-hybridized carbons (Fsp3) is 0.625. The van der Waals surface area contributed by atoms with Gasteiger partial charge in [-0.2, -0.15) is 13.2 Å². The highest BCUT2D eigenvalue weighted by Crippen LogP contribution is 2.38. The van der Waals surface area contributed by atoms with Gasteiger partial charge in [-0.3, -0.25) is 4.79 Å². The van der Waals surface area contributed by atoms with Crippen LogP contribution in [0.25, 0.3) is 0 Å². The number of esters is 1. The number of halogens is 3. The molecule has 9 heteroatoms. The van der Waals surface area contributed by atoms with Gasteiger partial charge in [0.2, 0.25) is 5.88 Å². The fourth-order valence-corrected chi connectivity index (χ4v) is 2.78. The highest BCUT2D eigenvalue weighted by molar-refractivity contribution is 5.65. The van der Waals surface area contributed by atoms with Crippen molar-refractivity contribution in [3.8, 4) is 5.88 Å². The third-order valence-electron chi connectivity index (χ3n) is 3.89. The Labute approximate surface area is 143 Å². The standard InChI is InChI=1S/C16H21F3N2O4/c1-11(22)25-7-6-24-10-12-4-3-5-21(12)13-8-14(16(17,18)19)15(23-2)20-9-13/h8-9,12H,3-7,10H2,1-2H3/t12-/m0/s1. The lowest BCUT2D eigenvalue weighted by Gasteiger charge is -2.27. The Kier molecular flexibility index (Phi) is 6.46. The van der Waals surface area contributed by atoms with E-state index in [-0.39, 0.29) is 25.2 Å². The van der Waals surface area contributed by atoms with Gasteiger partial charge in [-0.05, 0) is 18.9 Å². The van der Waals surface area contributed by atoms with Gasteiger partial charge in [0.1, 0.15) is 12.2 Å². The molecule has 2 rings (SSSR count). The highest BCUT2D eigenvalue weighted by atomic mass is 19.4. The number of carbonyl (C=O) groups excluding carboxylic acids is 1. The van der Waals surface area contributed by atoms with Crippen molar-refractivity contribution in [3.63, 3.8) is 0 Å². The summed E-state index contributed by atoms with van der Waals surface area (Å²) in [5, 5.41) is 0. The first-order valence-corrected chi connectivity index (χ1v) is 7.92. The molecule has 25 heavy (non-hydrogen) atoms. The number of nitrogens with zero attached hydrogens (tertiary/aromatic N) is 2. The van der Waals surface area contributed by atoms with E-state index in [0.29, 0.717) is 18.8 Å². The van der Waals surface area contributed by atoms with Gasteiger partial charge in [-0.1, -0.05) is 0 Å². The van der Waals surface area contributed by atoms with Crippen LogP contribution in [0, 0.1) is 0 Å². The lowest BCUT2D eigenvalue weighted by Crippen LogP contribution is -2.34. The van der Waals surface area contributed by atoms with Crippen LogP contribution in [0.5, 0.6) is 5.88 Å². The maximum Gasteiger partial charge on any atom is 0.421 e. The van der Waals surface area contributed by atoms with Crippen LogP contribution in [-0.4, -0.2) is 50.5 Å². The predicted octanol–water partition coefficient (Wildman–Crippen LogP) is 2.66. The van der Waals surface area contributed by atoms with Crippen LogP contribution in [0.1, 0.15) is 25.3 Å². The van der Waals surface area contributed by atoms with E-state index in [2.05, 4.69) is 4.98 Å². The molecule has 0 amide bonds. The molecule has 0 aromatic carbocycles. The maximum atomic E-state index is 13.1. The Hall–Kier alpha value is -2.03. The van der Waals surface area contributed by atoms with Gasteiger partial charge in [0.15, 0.2) is 0 Å². The molecule has 0 aliphatic carbocycles. The summed E-state index contributed by atoms with van der Waals surface area (Å²) in [6, 6.07) is 1.01. The van der Waals surface area contributed by atoms with Crippen molar-refractivity contribution in [2.45, 2.75) is 32.0 Å². The zero-order valence-corrected chi connectivity index (χ0v) is 14.1. The molecule has 0 saturated carbocycles. The van der Waals surface area contributed by atoms with Crippen molar-refractivity contribution in [2.24, 2.45) is 0 Å². The van der Waals surface area contributed by atoms with Crippen LogP contribution in [0.3, 0.4) is 0 Å². The van der Waals surface area contributed by atoms with E-state index in [9.17, 15) is 18.0 Å². The zero-order valence-electron chi connectivity index (χ0n) is 14.1. The van der Waals surface area contributed by atoms with Gasteiger partial charge in [0.25, 0.3) is 0 Å². The van der Waals surface area contributed by atoms with Gasteiger partial charge >= 0.3 is 12.1 Å². The number of hydrogen-bond donors (Lipinski definition) is 0. The number of ether oxygens (including phenoxy) is 3. The number of carbonyl (C=O) groups is 1. The first kappa shape index (κ1) is 19.3. The molecule has 140 valence electrons. The highest BCUT2D eigenvalue weighted by Gasteiger charge is 2.37. The van der Waals surface area contributed by atoms with Crippen LogP contribution < -0.4 is 9.64 Å². The zero-order chi connectivity index (χ0) is 18.4. The number of anilines is 1. The minimum atomic E-state index is -4.54. The van der Waals surface area contributed by atoms with Crippen molar-refractivity contribution in [2.75, 3.05) is 38.4 Å². The average molecular weight is 362 g/mol. The Balaban J connectivity index is 2.03. The number of rotatable bonds is 7. The van der Waals surface area contributed by atoms with Gasteiger partial charge in [-0.25, -0.2) is 4.98 Å². The van der Waals surface area contributed by atoms with E-state index in [1.54, 1.807) is 0 Å². The fourth-order valence-electron chi connectivity index (χ4n) is 2.78. The summed E-state index contributed by atoms with van der Waals surface area (Å²) < 4.78 is 54.4. The maximum absolute atomic E-state index is 13.1. The van der Waals surface area contributed by atoms with Gasteiger partial charge in [0.05, 0.1) is 38.2 Å². The quantitative estimate of drug-likeness (QED) is 0.549. The van der Waals surface area contributed by atoms with Crippen LogP contribution in [-0.2, 0) is 20.4 Å². The Bertz CT molecular complexity index is 595. The molecule has 0 bridgehead atoms. The summed E-state index contributed by atoms with van der Waals surface area (Å²) >= 11 is 0. The van der Waals surface area contributed by atoms with Crippen LogP contribution in [0.4, 0.5) is 18.9 Å². The normalized spacial score (nSPS) is 17.6.